The maximum atomic E-state index is 12.4. The first-order chi connectivity index (χ1) is 13.0. The number of aryl methyl sites for hydroxylation is 3. The fourth-order valence-corrected chi connectivity index (χ4v) is 3.31. The highest BCUT2D eigenvalue weighted by Crippen LogP contribution is 2.34. The van der Waals surface area contributed by atoms with Crippen LogP contribution in [0.3, 0.4) is 0 Å². The van der Waals surface area contributed by atoms with E-state index in [0.29, 0.717) is 17.9 Å². The van der Waals surface area contributed by atoms with Gasteiger partial charge in [-0.25, -0.2) is 9.97 Å². The van der Waals surface area contributed by atoms with Gasteiger partial charge in [-0.3, -0.25) is 4.79 Å². The first kappa shape index (κ1) is 17.0. The van der Waals surface area contributed by atoms with E-state index < -0.39 is 0 Å². The molecule has 6 heteroatoms. The van der Waals surface area contributed by atoms with Crippen molar-refractivity contribution < 1.29 is 15.0 Å². The number of hydrogen-bond acceptors (Lipinski definition) is 5. The Morgan fingerprint density at radius 1 is 1.04 bits per heavy atom. The largest absolute Gasteiger partial charge is 0.508 e. The average Bonchev–Trinajstić information content (AvgIpc) is 2.64. The van der Waals surface area contributed by atoms with Crippen LogP contribution in [0.4, 0.5) is 5.82 Å². The highest BCUT2D eigenvalue weighted by Gasteiger charge is 2.21. The molecule has 0 spiro atoms. The van der Waals surface area contributed by atoms with Crippen molar-refractivity contribution >= 4 is 11.7 Å². The molecule has 0 radical (unpaired) electrons. The predicted octanol–water partition coefficient (Wildman–Crippen LogP) is 3.14. The van der Waals surface area contributed by atoms with Crippen molar-refractivity contribution in [2.75, 3.05) is 5.32 Å². The minimum atomic E-state index is -0.181. The lowest BCUT2D eigenvalue weighted by molar-refractivity contribution is -0.115. The molecule has 0 atom stereocenters. The molecular weight excluding hydrogens is 342 g/mol. The number of aromatic nitrogens is 2. The second kappa shape index (κ2) is 6.72. The van der Waals surface area contributed by atoms with Gasteiger partial charge in [0.25, 0.3) is 0 Å². The van der Waals surface area contributed by atoms with E-state index >= 15 is 0 Å². The third-order valence-corrected chi connectivity index (χ3v) is 4.68. The van der Waals surface area contributed by atoms with E-state index in [1.807, 2.05) is 13.0 Å². The third kappa shape index (κ3) is 3.46. The van der Waals surface area contributed by atoms with Gasteiger partial charge in [0.05, 0.1) is 23.5 Å². The number of anilines is 1. The average molecular weight is 361 g/mol. The number of nitrogens with zero attached hydrogens (tertiary/aromatic N) is 2. The minimum Gasteiger partial charge on any atom is -0.508 e. The van der Waals surface area contributed by atoms with Crippen LogP contribution in [0.25, 0.3) is 11.3 Å². The Labute approximate surface area is 156 Å². The molecule has 1 aliphatic rings. The van der Waals surface area contributed by atoms with Crippen LogP contribution in [0.2, 0.25) is 0 Å². The molecule has 4 rings (SSSR count). The number of nitrogens with one attached hydrogen (secondary N) is 1. The van der Waals surface area contributed by atoms with Gasteiger partial charge >= 0.3 is 0 Å². The fourth-order valence-electron chi connectivity index (χ4n) is 3.31. The molecule has 1 amide bonds. The zero-order chi connectivity index (χ0) is 19.0. The van der Waals surface area contributed by atoms with E-state index in [1.54, 1.807) is 36.4 Å². The van der Waals surface area contributed by atoms with Crippen LogP contribution in [0.15, 0.2) is 42.5 Å². The van der Waals surface area contributed by atoms with Crippen molar-refractivity contribution in [1.82, 2.24) is 9.97 Å². The van der Waals surface area contributed by atoms with Crippen molar-refractivity contribution in [3.8, 4) is 22.8 Å². The number of phenols is 2. The van der Waals surface area contributed by atoms with E-state index in [-0.39, 0.29) is 23.8 Å². The molecule has 1 aliphatic carbocycles. The Morgan fingerprint density at radius 3 is 2.56 bits per heavy atom. The Bertz CT molecular complexity index is 1030. The summed E-state index contributed by atoms with van der Waals surface area (Å²) >= 11 is 0. The molecule has 0 saturated carbocycles. The van der Waals surface area contributed by atoms with Crippen molar-refractivity contribution in [1.29, 1.82) is 0 Å². The maximum absolute atomic E-state index is 12.4. The zero-order valence-electron chi connectivity index (χ0n) is 14.9. The predicted molar refractivity (Wildman–Crippen MR) is 102 cm³/mol. The molecule has 2 aromatic carbocycles. The first-order valence-electron chi connectivity index (χ1n) is 8.77. The number of benzene rings is 2. The van der Waals surface area contributed by atoms with Crippen LogP contribution in [-0.4, -0.2) is 26.1 Å². The first-order valence-corrected chi connectivity index (χ1v) is 8.77. The SMILES string of the molecule is Cc1nc2c(nc1NC(=O)Cc1ccc(O)cc1)CCc1cc(O)ccc1-2. The molecule has 1 aromatic heterocycles. The van der Waals surface area contributed by atoms with Gasteiger partial charge in [-0.15, -0.1) is 0 Å². The maximum Gasteiger partial charge on any atom is 0.229 e. The van der Waals surface area contributed by atoms with Gasteiger partial charge < -0.3 is 15.5 Å². The van der Waals surface area contributed by atoms with Crippen LogP contribution >= 0.6 is 0 Å². The zero-order valence-corrected chi connectivity index (χ0v) is 14.9. The van der Waals surface area contributed by atoms with Gasteiger partial charge in [-0.05, 0) is 61.2 Å². The summed E-state index contributed by atoms with van der Waals surface area (Å²) in [5.74, 6) is 0.711. The Morgan fingerprint density at radius 2 is 1.78 bits per heavy atom. The second-order valence-corrected chi connectivity index (χ2v) is 6.69. The molecule has 0 unspecified atom stereocenters. The molecule has 0 bridgehead atoms. The van der Waals surface area contributed by atoms with Crippen LogP contribution in [0, 0.1) is 6.92 Å². The number of hydrogen-bond donors (Lipinski definition) is 3. The van der Waals surface area contributed by atoms with Crippen molar-refractivity contribution in [2.24, 2.45) is 0 Å². The molecular formula is C21H19N3O3. The fraction of sp³-hybridized carbons (Fsp3) is 0.190. The topological polar surface area (TPSA) is 95.3 Å². The standard InChI is InChI=1S/C21H19N3O3/c1-12-21(24-19(27)10-13-2-5-15(25)6-3-13)23-18-9-4-14-11-16(26)7-8-17(14)20(18)22-12/h2-3,5-8,11,25-26H,4,9-10H2,1H3,(H,23,24,27). The van der Waals surface area contributed by atoms with E-state index in [9.17, 15) is 15.0 Å². The van der Waals surface area contributed by atoms with Crippen LogP contribution in [0.5, 0.6) is 11.5 Å². The summed E-state index contributed by atoms with van der Waals surface area (Å²) in [6.45, 7) is 1.82. The number of carbonyl (C=O) groups excluding carboxylic acids is 1. The van der Waals surface area contributed by atoms with Crippen LogP contribution in [0.1, 0.15) is 22.5 Å². The van der Waals surface area contributed by atoms with E-state index in [1.165, 1.54) is 0 Å². The van der Waals surface area contributed by atoms with Crippen LogP contribution < -0.4 is 5.32 Å². The van der Waals surface area contributed by atoms with Crippen molar-refractivity contribution in [2.45, 2.75) is 26.2 Å². The molecule has 0 fully saturated rings. The smallest absolute Gasteiger partial charge is 0.229 e. The van der Waals surface area contributed by atoms with E-state index in [4.69, 9.17) is 0 Å². The van der Waals surface area contributed by atoms with Gasteiger partial charge in [-0.1, -0.05) is 12.1 Å². The van der Waals surface area contributed by atoms with E-state index in [2.05, 4.69) is 15.3 Å². The summed E-state index contributed by atoms with van der Waals surface area (Å²) in [7, 11) is 0. The summed E-state index contributed by atoms with van der Waals surface area (Å²) in [5, 5.41) is 21.8. The molecule has 6 nitrogen and oxygen atoms in total. The molecule has 3 aromatic rings. The normalized spacial score (nSPS) is 12.2. The van der Waals surface area contributed by atoms with Gasteiger partial charge in [0, 0.05) is 5.56 Å². The summed E-state index contributed by atoms with van der Waals surface area (Å²) in [4.78, 5) is 21.7. The quantitative estimate of drug-likeness (QED) is 0.666. The number of aromatic hydroxyl groups is 2. The minimum absolute atomic E-state index is 0.171. The Balaban J connectivity index is 1.57. The Hall–Kier alpha value is -3.41. The lowest BCUT2D eigenvalue weighted by Crippen LogP contribution is -2.19. The molecule has 3 N–H and O–H groups in total. The van der Waals surface area contributed by atoms with E-state index in [0.717, 1.165) is 34.5 Å². The molecule has 27 heavy (non-hydrogen) atoms. The lowest BCUT2D eigenvalue weighted by Gasteiger charge is -2.20. The summed E-state index contributed by atoms with van der Waals surface area (Å²) in [6.07, 6.45) is 1.68. The van der Waals surface area contributed by atoms with Crippen molar-refractivity contribution in [3.63, 3.8) is 0 Å². The monoisotopic (exact) mass is 361 g/mol. The number of amides is 1. The van der Waals surface area contributed by atoms with Gasteiger partial charge in [0.2, 0.25) is 5.91 Å². The van der Waals surface area contributed by atoms with Crippen LogP contribution in [-0.2, 0) is 24.1 Å². The highest BCUT2D eigenvalue weighted by molar-refractivity contribution is 5.92. The molecule has 0 saturated heterocycles. The third-order valence-electron chi connectivity index (χ3n) is 4.68. The van der Waals surface area contributed by atoms with Gasteiger partial charge in [0.15, 0.2) is 5.82 Å². The highest BCUT2D eigenvalue weighted by atomic mass is 16.3. The lowest BCUT2D eigenvalue weighted by atomic mass is 9.91. The van der Waals surface area contributed by atoms with Crippen molar-refractivity contribution in [3.05, 3.63) is 65.0 Å². The summed E-state index contributed by atoms with van der Waals surface area (Å²) in [5.41, 5.74) is 5.15. The summed E-state index contributed by atoms with van der Waals surface area (Å²) in [6, 6.07) is 11.8. The summed E-state index contributed by atoms with van der Waals surface area (Å²) < 4.78 is 0. The number of rotatable bonds is 3. The molecule has 1 heterocycles. The molecule has 136 valence electrons. The number of carbonyl (C=O) groups is 1. The number of fused-ring (bicyclic) bond motifs is 3. The van der Waals surface area contributed by atoms with Gasteiger partial charge in [0.1, 0.15) is 11.5 Å². The van der Waals surface area contributed by atoms with Gasteiger partial charge in [-0.2, -0.15) is 0 Å². The molecule has 0 aliphatic heterocycles. The number of phenolic OH excluding ortho intramolecular Hbond substituents is 2. The Kier molecular flexibility index (Phi) is 4.24. The second-order valence-electron chi connectivity index (χ2n) is 6.69.